The van der Waals surface area contributed by atoms with Gasteiger partial charge in [0.05, 0.1) is 75.4 Å². The van der Waals surface area contributed by atoms with Crippen LogP contribution in [-0.4, -0.2) is 93.0 Å². The zero-order chi connectivity index (χ0) is 44.2. The molecule has 14 nitrogen and oxygen atoms in total. The van der Waals surface area contributed by atoms with Crippen LogP contribution in [0, 0.1) is 12.5 Å². The number of amides is 3. The molecule has 2 saturated heterocycles. The number of fused-ring (bicyclic) bond motifs is 1. The quantitative estimate of drug-likeness (QED) is 0.0818. The minimum Gasteiger partial charge on any atom is -0.469 e. The molecule has 6 aromatic rings. The van der Waals surface area contributed by atoms with Crippen molar-refractivity contribution in [2.45, 2.75) is 69.6 Å². The normalized spacial score (nSPS) is 18.3. The monoisotopic (exact) mass is 846 g/mol. The average molecular weight is 847 g/mol. The van der Waals surface area contributed by atoms with Crippen molar-refractivity contribution < 1.29 is 28.7 Å². The Bertz CT molecular complexity index is 2670. The second kappa shape index (κ2) is 18.4. The predicted octanol–water partition coefficient (Wildman–Crippen LogP) is 8.24. The molecule has 3 N–H and O–H groups in total. The first-order valence-electron chi connectivity index (χ1n) is 21.2. The second-order valence-corrected chi connectivity index (χ2v) is 16.5. The zero-order valence-electron chi connectivity index (χ0n) is 35.7. The SMILES string of the molecule is [C-]#[N+][C@H]1C[C@@H](c2ncc(-c3ccc4cc(-c5ccc(-c6cnc([C@@H]7CCCN7C(=O)[C@H](CC(=O)OC)c7ccccc7)[nH]6)cc5)ccc4c3)[nH]2)N(C(=O)[C@@H](NC(=O)OC)C(C)C)C1. The van der Waals surface area contributed by atoms with Crippen LogP contribution in [0.3, 0.4) is 0 Å². The zero-order valence-corrected chi connectivity index (χ0v) is 35.7. The fraction of sp³-hybridized carbons (Fsp3) is 0.327. The van der Waals surface area contributed by atoms with E-state index in [1.165, 1.54) is 14.2 Å². The smallest absolute Gasteiger partial charge is 0.407 e. The van der Waals surface area contributed by atoms with Gasteiger partial charge in [-0.05, 0) is 63.9 Å². The van der Waals surface area contributed by atoms with Gasteiger partial charge in [-0.2, -0.15) is 0 Å². The lowest BCUT2D eigenvalue weighted by Crippen LogP contribution is -2.51. The van der Waals surface area contributed by atoms with Gasteiger partial charge in [0.2, 0.25) is 17.9 Å². The minimum atomic E-state index is -0.804. The molecule has 0 saturated carbocycles. The van der Waals surface area contributed by atoms with E-state index in [2.05, 4.69) is 79.7 Å². The maximum Gasteiger partial charge on any atom is 0.407 e. The summed E-state index contributed by atoms with van der Waals surface area (Å²) in [5.41, 5.74) is 6.46. The predicted molar refractivity (Wildman–Crippen MR) is 238 cm³/mol. The van der Waals surface area contributed by atoms with Gasteiger partial charge in [0, 0.05) is 12.1 Å². The summed E-state index contributed by atoms with van der Waals surface area (Å²) in [7, 11) is 2.60. The number of likely N-dealkylation sites (tertiary alicyclic amines) is 2. The van der Waals surface area contributed by atoms with Crippen LogP contribution in [0.1, 0.15) is 74.7 Å². The van der Waals surface area contributed by atoms with Crippen LogP contribution in [0.25, 0.3) is 49.3 Å². The molecule has 2 aromatic heterocycles. The Morgan fingerprint density at radius 1 is 0.778 bits per heavy atom. The van der Waals surface area contributed by atoms with Crippen molar-refractivity contribution in [3.05, 3.63) is 132 Å². The van der Waals surface area contributed by atoms with E-state index >= 15 is 0 Å². The van der Waals surface area contributed by atoms with Gasteiger partial charge in [0.25, 0.3) is 0 Å². The highest BCUT2D eigenvalue weighted by atomic mass is 16.5. The molecule has 0 spiro atoms. The number of H-pyrrole nitrogens is 2. The third-order valence-corrected chi connectivity index (χ3v) is 12.3. The Morgan fingerprint density at radius 3 is 2.05 bits per heavy atom. The number of hydrogen-bond donors (Lipinski definition) is 3. The average Bonchev–Trinajstić information content (AvgIpc) is 4.16. The number of carbonyl (C=O) groups excluding carboxylic acids is 4. The molecule has 4 aromatic carbocycles. The molecule has 3 amide bonds. The van der Waals surface area contributed by atoms with Crippen LogP contribution < -0.4 is 5.32 Å². The van der Waals surface area contributed by atoms with E-state index in [0.717, 1.165) is 68.6 Å². The molecular weight excluding hydrogens is 797 g/mol. The molecule has 14 heteroatoms. The van der Waals surface area contributed by atoms with E-state index in [9.17, 15) is 19.2 Å². The van der Waals surface area contributed by atoms with Gasteiger partial charge >= 0.3 is 12.1 Å². The number of hydrogen-bond acceptors (Lipinski definition) is 8. The fourth-order valence-electron chi connectivity index (χ4n) is 8.83. The Morgan fingerprint density at radius 2 is 1.40 bits per heavy atom. The highest BCUT2D eigenvalue weighted by Gasteiger charge is 2.44. The highest BCUT2D eigenvalue weighted by molar-refractivity contribution is 5.91. The second-order valence-electron chi connectivity index (χ2n) is 16.5. The molecule has 63 heavy (non-hydrogen) atoms. The lowest BCUT2D eigenvalue weighted by Gasteiger charge is -2.29. The van der Waals surface area contributed by atoms with E-state index in [0.29, 0.717) is 18.8 Å². The van der Waals surface area contributed by atoms with Gasteiger partial charge in [-0.1, -0.05) is 92.7 Å². The van der Waals surface area contributed by atoms with Crippen molar-refractivity contribution in [2.24, 2.45) is 5.92 Å². The number of aromatic nitrogens is 4. The highest BCUT2D eigenvalue weighted by Crippen LogP contribution is 2.37. The molecule has 0 radical (unpaired) electrons. The van der Waals surface area contributed by atoms with Crippen molar-refractivity contribution >= 4 is 34.6 Å². The Kier molecular flexibility index (Phi) is 12.4. The summed E-state index contributed by atoms with van der Waals surface area (Å²) >= 11 is 0. The van der Waals surface area contributed by atoms with Crippen molar-refractivity contribution in [3.8, 4) is 33.6 Å². The minimum absolute atomic E-state index is 0.0272. The van der Waals surface area contributed by atoms with Crippen LogP contribution in [0.4, 0.5) is 4.79 Å². The van der Waals surface area contributed by atoms with Crippen molar-refractivity contribution in [1.82, 2.24) is 35.1 Å². The van der Waals surface area contributed by atoms with Gasteiger partial charge in [0.15, 0.2) is 0 Å². The molecule has 322 valence electrons. The van der Waals surface area contributed by atoms with E-state index < -0.39 is 30.1 Å². The van der Waals surface area contributed by atoms with Crippen LogP contribution >= 0.6 is 0 Å². The van der Waals surface area contributed by atoms with Crippen LogP contribution in [0.15, 0.2) is 103 Å². The van der Waals surface area contributed by atoms with Crippen molar-refractivity contribution in [1.29, 1.82) is 0 Å². The van der Waals surface area contributed by atoms with Gasteiger partial charge in [-0.15, -0.1) is 0 Å². The summed E-state index contributed by atoms with van der Waals surface area (Å²) in [5, 5.41) is 4.78. The van der Waals surface area contributed by atoms with Crippen LogP contribution in [0.5, 0.6) is 0 Å². The number of nitrogens with zero attached hydrogens (tertiary/aromatic N) is 5. The van der Waals surface area contributed by atoms with Crippen LogP contribution in [-0.2, 0) is 23.9 Å². The summed E-state index contributed by atoms with van der Waals surface area (Å²) in [6.45, 7) is 12.2. The van der Waals surface area contributed by atoms with Gasteiger partial charge in [0.1, 0.15) is 17.7 Å². The first kappa shape index (κ1) is 42.4. The first-order valence-corrected chi connectivity index (χ1v) is 21.2. The maximum atomic E-state index is 14.0. The number of rotatable bonds is 12. The van der Waals surface area contributed by atoms with Crippen molar-refractivity contribution in [2.75, 3.05) is 27.3 Å². The van der Waals surface area contributed by atoms with Crippen molar-refractivity contribution in [3.63, 3.8) is 0 Å². The molecule has 5 atom stereocenters. The van der Waals surface area contributed by atoms with Gasteiger partial charge in [-0.25, -0.2) is 21.3 Å². The number of methoxy groups -OCH3 is 2. The number of imidazole rings is 2. The number of aromatic amines is 2. The third-order valence-electron chi connectivity index (χ3n) is 12.3. The number of carbonyl (C=O) groups is 4. The van der Waals surface area contributed by atoms with Crippen LogP contribution in [0.2, 0.25) is 0 Å². The Labute approximate surface area is 365 Å². The molecule has 0 unspecified atom stereocenters. The number of alkyl carbamates (subject to hydrolysis) is 1. The van der Waals surface area contributed by atoms with E-state index in [-0.39, 0.29) is 42.8 Å². The molecule has 2 fully saturated rings. The maximum absolute atomic E-state index is 14.0. The standard InChI is InChI=1S/C49H50N8O6/c1-29(2)44(55-49(61)63-5)48(60)57-28-37(50-3)24-42(57)46-52-27-40(54-46)36-20-19-34-22-33(17-18-35(34)23-36)30-13-15-32(16-14-30)39-26-51-45(53-39)41-12-9-21-56(41)47(59)38(25-43(58)62-4)31-10-7-6-8-11-31/h6-8,10-11,13-20,22-23,26-27,29,37-38,41-42,44H,9,12,21,24-25,28H2,1-2,4-5H3,(H,51,53)(H,52,54)(H,55,61)/t37-,38+,41-,42-,44-/m0/s1. The fourth-order valence-corrected chi connectivity index (χ4v) is 8.83. The summed E-state index contributed by atoms with van der Waals surface area (Å²) in [5.74, 6) is -0.324. The lowest BCUT2D eigenvalue weighted by atomic mass is 9.94. The molecule has 2 aliphatic rings. The summed E-state index contributed by atoms with van der Waals surface area (Å²) in [6.07, 6.45) is 4.91. The summed E-state index contributed by atoms with van der Waals surface area (Å²) in [4.78, 5) is 75.7. The molecule has 8 rings (SSSR count). The Hall–Kier alpha value is -7.27. The molecule has 0 bridgehead atoms. The summed E-state index contributed by atoms with van der Waals surface area (Å²) < 4.78 is 9.71. The van der Waals surface area contributed by atoms with E-state index in [1.54, 1.807) is 11.1 Å². The number of benzene rings is 4. The summed E-state index contributed by atoms with van der Waals surface area (Å²) in [6, 6.07) is 28.4. The largest absolute Gasteiger partial charge is 0.469 e. The molecule has 0 aliphatic carbocycles. The lowest BCUT2D eigenvalue weighted by molar-refractivity contribution is -0.145. The third kappa shape index (κ3) is 8.90. The number of ether oxygens (including phenoxy) is 2. The Balaban J connectivity index is 0.954. The number of nitrogens with one attached hydrogen (secondary N) is 3. The first-order chi connectivity index (χ1) is 30.5. The number of esters is 1. The molecular formula is C49H50N8O6. The van der Waals surface area contributed by atoms with Gasteiger partial charge in [-0.3, -0.25) is 14.4 Å². The van der Waals surface area contributed by atoms with Gasteiger partial charge < -0.3 is 39.4 Å². The molecule has 2 aliphatic heterocycles. The van der Waals surface area contributed by atoms with E-state index in [4.69, 9.17) is 21.0 Å². The van der Waals surface area contributed by atoms with E-state index in [1.807, 2.05) is 61.3 Å². The molecule has 4 heterocycles. The topological polar surface area (TPSA) is 167 Å².